The number of anilines is 1. The van der Waals surface area contributed by atoms with Gasteiger partial charge in [-0.2, -0.15) is 26.3 Å². The molecule has 2 heterocycles. The lowest BCUT2D eigenvalue weighted by molar-refractivity contribution is -0.209. The number of aromatic amines is 1. The van der Waals surface area contributed by atoms with Crippen LogP contribution in [-0.4, -0.2) is 41.1 Å². The molecular weight excluding hydrogens is 385 g/mol. The van der Waals surface area contributed by atoms with Crippen molar-refractivity contribution in [3.8, 4) is 0 Å². The van der Waals surface area contributed by atoms with Gasteiger partial charge in [0.25, 0.3) is 0 Å². The van der Waals surface area contributed by atoms with Crippen LogP contribution in [0.3, 0.4) is 0 Å². The summed E-state index contributed by atoms with van der Waals surface area (Å²) in [4.78, 5) is 14.5. The highest BCUT2D eigenvalue weighted by Gasteiger charge is 2.49. The van der Waals surface area contributed by atoms with Crippen molar-refractivity contribution in [3.63, 3.8) is 0 Å². The van der Waals surface area contributed by atoms with Gasteiger partial charge in [0.1, 0.15) is 6.17 Å². The van der Waals surface area contributed by atoms with Crippen molar-refractivity contribution in [2.24, 2.45) is 0 Å². The fourth-order valence-corrected chi connectivity index (χ4v) is 3.28. The number of alkyl halides is 7. The zero-order chi connectivity index (χ0) is 20.1. The van der Waals surface area contributed by atoms with E-state index in [-0.39, 0.29) is 11.2 Å². The Morgan fingerprint density at radius 3 is 2.41 bits per heavy atom. The second-order valence-corrected chi connectivity index (χ2v) is 6.31. The van der Waals surface area contributed by atoms with Crippen molar-refractivity contribution in [2.45, 2.75) is 37.1 Å². The summed E-state index contributed by atoms with van der Waals surface area (Å²) in [6.07, 6.45) is -15.0. The quantitative estimate of drug-likeness (QED) is 0.763. The minimum absolute atomic E-state index is 0.117. The molecular formula is C16H13F7N2O2. The Labute approximate surface area is 147 Å². The van der Waals surface area contributed by atoms with Gasteiger partial charge in [-0.05, 0) is 18.2 Å². The highest BCUT2D eigenvalue weighted by atomic mass is 19.4. The van der Waals surface area contributed by atoms with E-state index in [1.54, 1.807) is 0 Å². The lowest BCUT2D eigenvalue weighted by Gasteiger charge is -2.31. The molecule has 27 heavy (non-hydrogen) atoms. The maximum Gasteiger partial charge on any atom is 0.417 e. The van der Waals surface area contributed by atoms with E-state index in [0.29, 0.717) is 6.07 Å². The monoisotopic (exact) mass is 398 g/mol. The molecule has 0 bridgehead atoms. The zero-order valence-corrected chi connectivity index (χ0v) is 13.4. The van der Waals surface area contributed by atoms with Gasteiger partial charge in [0.2, 0.25) is 5.56 Å². The van der Waals surface area contributed by atoms with Crippen molar-refractivity contribution < 1.29 is 35.8 Å². The molecule has 0 spiro atoms. The zero-order valence-electron chi connectivity index (χ0n) is 13.4. The topological polar surface area (TPSA) is 56.3 Å². The van der Waals surface area contributed by atoms with E-state index in [2.05, 4.69) is 4.98 Å². The Balaban J connectivity index is 2.11. The Kier molecular flexibility index (Phi) is 4.61. The van der Waals surface area contributed by atoms with E-state index >= 15 is 0 Å². The third kappa shape index (κ3) is 3.73. The van der Waals surface area contributed by atoms with Crippen LogP contribution in [0.5, 0.6) is 0 Å². The summed E-state index contributed by atoms with van der Waals surface area (Å²) < 4.78 is 91.9. The maximum atomic E-state index is 13.7. The normalized spacial score (nSPS) is 22.4. The molecule has 1 aromatic carbocycles. The van der Waals surface area contributed by atoms with Gasteiger partial charge >= 0.3 is 12.4 Å². The number of benzene rings is 1. The second kappa shape index (κ2) is 6.39. The Hall–Kier alpha value is -2.30. The molecule has 0 saturated carbocycles. The Morgan fingerprint density at radius 2 is 1.81 bits per heavy atom. The molecule has 1 unspecified atom stereocenters. The summed E-state index contributed by atoms with van der Waals surface area (Å²) in [5, 5.41) is 9.07. The standard InChI is InChI=1S/C16H13F7N2O2/c17-7-3-12(14(27)16(21,22)23)25(6-7)8-1-2-11-9(4-8)10(15(18,19)20)5-13(26)24-11/h1-2,4-5,7,12,14,27H,3,6H2,(H,24,26)/t7-,12+,14?/m0/s1. The first-order chi connectivity index (χ1) is 12.4. The van der Waals surface area contributed by atoms with Gasteiger partial charge in [0, 0.05) is 35.6 Å². The molecule has 1 aromatic heterocycles. The molecule has 3 rings (SSSR count). The van der Waals surface area contributed by atoms with Gasteiger partial charge in [0.05, 0.1) is 11.6 Å². The lowest BCUT2D eigenvalue weighted by Crippen LogP contribution is -2.47. The summed E-state index contributed by atoms with van der Waals surface area (Å²) in [7, 11) is 0. The first-order valence-corrected chi connectivity index (χ1v) is 7.77. The summed E-state index contributed by atoms with van der Waals surface area (Å²) in [6.45, 7) is -0.506. The van der Waals surface area contributed by atoms with Crippen molar-refractivity contribution in [1.29, 1.82) is 0 Å². The summed E-state index contributed by atoms with van der Waals surface area (Å²) in [6, 6.07) is 1.88. The Morgan fingerprint density at radius 1 is 1.15 bits per heavy atom. The van der Waals surface area contributed by atoms with Gasteiger partial charge in [-0.3, -0.25) is 4.79 Å². The number of fused-ring (bicyclic) bond motifs is 1. The van der Waals surface area contributed by atoms with Gasteiger partial charge in [-0.1, -0.05) is 0 Å². The molecule has 2 aromatic rings. The molecule has 1 fully saturated rings. The van der Waals surface area contributed by atoms with Gasteiger partial charge < -0.3 is 15.0 Å². The van der Waals surface area contributed by atoms with E-state index in [1.165, 1.54) is 6.07 Å². The SMILES string of the molecule is O=c1cc(C(F)(F)F)c2cc(N3C[C@@H](F)C[C@@H]3C(O)C(F)(F)F)ccc2[nH]1. The molecule has 3 atom stereocenters. The third-order valence-corrected chi connectivity index (χ3v) is 4.46. The number of hydrogen-bond acceptors (Lipinski definition) is 3. The fourth-order valence-electron chi connectivity index (χ4n) is 3.28. The van der Waals surface area contributed by atoms with Crippen molar-refractivity contribution in [1.82, 2.24) is 4.98 Å². The number of pyridine rings is 1. The van der Waals surface area contributed by atoms with E-state index in [0.717, 1.165) is 17.0 Å². The molecule has 1 aliphatic heterocycles. The number of nitrogens with zero attached hydrogens (tertiary/aromatic N) is 1. The number of H-pyrrole nitrogens is 1. The van der Waals surface area contributed by atoms with Crippen LogP contribution >= 0.6 is 0 Å². The molecule has 4 nitrogen and oxygen atoms in total. The summed E-state index contributed by atoms with van der Waals surface area (Å²) >= 11 is 0. The van der Waals surface area contributed by atoms with Gasteiger partial charge in [0.15, 0.2) is 6.10 Å². The molecule has 11 heteroatoms. The maximum absolute atomic E-state index is 13.7. The molecule has 0 amide bonds. The van der Waals surface area contributed by atoms with E-state index < -0.39 is 60.1 Å². The number of nitrogens with one attached hydrogen (secondary N) is 1. The van der Waals surface area contributed by atoms with Crippen LogP contribution in [-0.2, 0) is 6.18 Å². The number of aliphatic hydroxyl groups is 1. The minimum atomic E-state index is -5.01. The molecule has 0 aliphatic carbocycles. The first-order valence-electron chi connectivity index (χ1n) is 7.77. The third-order valence-electron chi connectivity index (χ3n) is 4.46. The smallest absolute Gasteiger partial charge is 0.382 e. The Bertz CT molecular complexity index is 906. The van der Waals surface area contributed by atoms with E-state index in [1.807, 2.05) is 0 Å². The fraction of sp³-hybridized carbons (Fsp3) is 0.438. The number of aliphatic hydroxyl groups excluding tert-OH is 1. The highest BCUT2D eigenvalue weighted by Crippen LogP contribution is 2.38. The largest absolute Gasteiger partial charge is 0.417 e. The van der Waals surface area contributed by atoms with Crippen molar-refractivity contribution in [3.05, 3.63) is 40.2 Å². The van der Waals surface area contributed by atoms with Crippen LogP contribution in [0.25, 0.3) is 10.9 Å². The van der Waals surface area contributed by atoms with Crippen LogP contribution in [0, 0.1) is 0 Å². The van der Waals surface area contributed by atoms with E-state index in [4.69, 9.17) is 0 Å². The van der Waals surface area contributed by atoms with Gasteiger partial charge in [-0.25, -0.2) is 4.39 Å². The molecule has 0 radical (unpaired) electrons. The average molecular weight is 398 g/mol. The van der Waals surface area contributed by atoms with Crippen LogP contribution in [0.1, 0.15) is 12.0 Å². The predicted molar refractivity (Wildman–Crippen MR) is 82.3 cm³/mol. The summed E-state index contributed by atoms with van der Waals surface area (Å²) in [5.41, 5.74) is -2.53. The second-order valence-electron chi connectivity index (χ2n) is 6.31. The van der Waals surface area contributed by atoms with Crippen LogP contribution in [0.2, 0.25) is 0 Å². The highest BCUT2D eigenvalue weighted by molar-refractivity contribution is 5.86. The summed E-state index contributed by atoms with van der Waals surface area (Å²) in [5.74, 6) is 0. The number of aromatic nitrogens is 1. The number of rotatable bonds is 2. The van der Waals surface area contributed by atoms with Crippen LogP contribution in [0.15, 0.2) is 29.1 Å². The average Bonchev–Trinajstić information content (AvgIpc) is 2.92. The first kappa shape index (κ1) is 19.5. The van der Waals surface area contributed by atoms with Crippen LogP contribution < -0.4 is 10.5 Å². The van der Waals surface area contributed by atoms with E-state index in [9.17, 15) is 40.6 Å². The number of hydrogen-bond donors (Lipinski definition) is 2. The molecule has 2 N–H and O–H groups in total. The number of halogens is 7. The lowest BCUT2D eigenvalue weighted by atomic mass is 10.0. The van der Waals surface area contributed by atoms with Crippen LogP contribution in [0.4, 0.5) is 36.4 Å². The van der Waals surface area contributed by atoms with Crippen molar-refractivity contribution >= 4 is 16.6 Å². The molecule has 148 valence electrons. The van der Waals surface area contributed by atoms with Gasteiger partial charge in [-0.15, -0.1) is 0 Å². The van der Waals surface area contributed by atoms with Crippen molar-refractivity contribution in [2.75, 3.05) is 11.4 Å². The predicted octanol–water partition coefficient (Wildman–Crippen LogP) is 3.39. The molecule has 1 aliphatic rings. The molecule has 1 saturated heterocycles. The minimum Gasteiger partial charge on any atom is -0.382 e.